The topological polar surface area (TPSA) is 41.9 Å². The van der Waals surface area contributed by atoms with Crippen molar-refractivity contribution in [2.24, 2.45) is 0 Å². The molecular formula is C25H23FN4S. The van der Waals surface area contributed by atoms with Gasteiger partial charge in [0.05, 0.1) is 5.69 Å². The molecule has 3 aromatic heterocycles. The van der Waals surface area contributed by atoms with E-state index in [9.17, 15) is 4.39 Å². The summed E-state index contributed by atoms with van der Waals surface area (Å²) < 4.78 is 14.7. The summed E-state index contributed by atoms with van der Waals surface area (Å²) in [4.78, 5) is 16.2. The quantitative estimate of drug-likeness (QED) is 0.402. The van der Waals surface area contributed by atoms with Crippen molar-refractivity contribution in [3.8, 4) is 22.5 Å². The standard InChI is InChI=1S/C25H23FN4S/c26-23-8-2-1-7-21(23)22-14-28-25(19-5-3-10-27-13-19)29-24(22)20-6-4-11-30(16-20)15-18-9-12-31-17-18/h1-3,5,7-10,12-14,17,20H,4,6,11,15-16H2/t20-/m0/s1. The van der Waals surface area contributed by atoms with Crippen LogP contribution in [0.25, 0.3) is 22.5 Å². The van der Waals surface area contributed by atoms with E-state index in [0.717, 1.165) is 49.3 Å². The molecule has 1 fully saturated rings. The van der Waals surface area contributed by atoms with Crippen LogP contribution < -0.4 is 0 Å². The maximum Gasteiger partial charge on any atom is 0.160 e. The zero-order valence-electron chi connectivity index (χ0n) is 17.1. The van der Waals surface area contributed by atoms with Gasteiger partial charge in [0, 0.05) is 54.3 Å². The van der Waals surface area contributed by atoms with Gasteiger partial charge in [0.15, 0.2) is 5.82 Å². The van der Waals surface area contributed by atoms with Crippen LogP contribution in [0.3, 0.4) is 0 Å². The normalized spacial score (nSPS) is 17.0. The summed E-state index contributed by atoms with van der Waals surface area (Å²) in [6.07, 6.45) is 7.41. The molecule has 5 rings (SSSR count). The van der Waals surface area contributed by atoms with E-state index >= 15 is 0 Å². The Kier molecular flexibility index (Phi) is 5.82. The fraction of sp³-hybridized carbons (Fsp3) is 0.240. The Morgan fingerprint density at radius 1 is 1.06 bits per heavy atom. The SMILES string of the molecule is Fc1ccccc1-c1cnc(-c2cccnc2)nc1[C@H]1CCCN(Cc2ccsc2)C1. The molecule has 1 aliphatic heterocycles. The molecule has 0 unspecified atom stereocenters. The highest BCUT2D eigenvalue weighted by atomic mass is 32.1. The van der Waals surface area contributed by atoms with Crippen LogP contribution in [0.5, 0.6) is 0 Å². The molecule has 31 heavy (non-hydrogen) atoms. The first kappa shape index (κ1) is 20.0. The first-order chi connectivity index (χ1) is 15.3. The van der Waals surface area contributed by atoms with Crippen LogP contribution in [-0.4, -0.2) is 32.9 Å². The smallest absolute Gasteiger partial charge is 0.160 e. The summed E-state index contributed by atoms with van der Waals surface area (Å²) in [5.41, 5.74) is 4.49. The minimum Gasteiger partial charge on any atom is -0.298 e. The third-order valence-electron chi connectivity index (χ3n) is 5.78. The Hall–Kier alpha value is -2.96. The number of hydrogen-bond acceptors (Lipinski definition) is 5. The summed E-state index contributed by atoms with van der Waals surface area (Å²) in [6.45, 7) is 2.91. The van der Waals surface area contributed by atoms with Gasteiger partial charge in [0.2, 0.25) is 0 Å². The summed E-state index contributed by atoms with van der Waals surface area (Å²) in [5, 5.41) is 4.33. The fourth-order valence-corrected chi connectivity index (χ4v) is 4.95. The average Bonchev–Trinajstić information content (AvgIpc) is 3.33. The second-order valence-corrected chi connectivity index (χ2v) is 8.70. The molecule has 1 atom stereocenters. The lowest BCUT2D eigenvalue weighted by Gasteiger charge is -2.33. The maximum atomic E-state index is 14.7. The highest BCUT2D eigenvalue weighted by Gasteiger charge is 2.26. The van der Waals surface area contributed by atoms with Gasteiger partial charge >= 0.3 is 0 Å². The van der Waals surface area contributed by atoms with Crippen molar-refractivity contribution in [3.63, 3.8) is 0 Å². The van der Waals surface area contributed by atoms with Gasteiger partial charge in [-0.3, -0.25) is 9.88 Å². The predicted molar refractivity (Wildman–Crippen MR) is 122 cm³/mol. The monoisotopic (exact) mass is 430 g/mol. The Balaban J connectivity index is 1.53. The number of halogens is 1. The van der Waals surface area contributed by atoms with Gasteiger partial charge in [-0.2, -0.15) is 11.3 Å². The van der Waals surface area contributed by atoms with Crippen LogP contribution in [0.1, 0.15) is 30.0 Å². The predicted octanol–water partition coefficient (Wildman–Crippen LogP) is 5.79. The first-order valence-electron chi connectivity index (χ1n) is 10.5. The molecule has 0 amide bonds. The zero-order chi connectivity index (χ0) is 21.0. The van der Waals surface area contributed by atoms with E-state index in [4.69, 9.17) is 4.98 Å². The van der Waals surface area contributed by atoms with E-state index < -0.39 is 0 Å². The lowest BCUT2D eigenvalue weighted by atomic mass is 9.89. The third-order valence-corrected chi connectivity index (χ3v) is 6.51. The van der Waals surface area contributed by atoms with Gasteiger partial charge in [-0.25, -0.2) is 14.4 Å². The number of thiophene rings is 1. The molecule has 156 valence electrons. The highest BCUT2D eigenvalue weighted by molar-refractivity contribution is 7.07. The molecule has 4 heterocycles. The van der Waals surface area contributed by atoms with Crippen molar-refractivity contribution in [2.75, 3.05) is 13.1 Å². The van der Waals surface area contributed by atoms with Crippen LogP contribution in [0.2, 0.25) is 0 Å². The van der Waals surface area contributed by atoms with E-state index in [0.29, 0.717) is 11.4 Å². The van der Waals surface area contributed by atoms with Crippen molar-refractivity contribution in [3.05, 3.63) is 88.9 Å². The number of piperidine rings is 1. The molecule has 4 aromatic rings. The lowest BCUT2D eigenvalue weighted by molar-refractivity contribution is 0.199. The van der Waals surface area contributed by atoms with E-state index in [1.807, 2.05) is 24.3 Å². The summed E-state index contributed by atoms with van der Waals surface area (Å²) in [5.74, 6) is 0.617. The van der Waals surface area contributed by atoms with Crippen LogP contribution in [0, 0.1) is 5.82 Å². The van der Waals surface area contributed by atoms with Crippen molar-refractivity contribution in [1.29, 1.82) is 0 Å². The number of rotatable bonds is 5. The fourth-order valence-electron chi connectivity index (χ4n) is 4.29. The van der Waals surface area contributed by atoms with Gasteiger partial charge in [0.1, 0.15) is 5.82 Å². The second kappa shape index (κ2) is 9.04. The van der Waals surface area contributed by atoms with E-state index in [2.05, 4.69) is 31.7 Å². The number of benzene rings is 1. The molecule has 1 aromatic carbocycles. The highest BCUT2D eigenvalue weighted by Crippen LogP contribution is 2.35. The molecule has 0 radical (unpaired) electrons. The molecule has 0 aliphatic carbocycles. The molecule has 0 N–H and O–H groups in total. The van der Waals surface area contributed by atoms with Gasteiger partial charge in [0.25, 0.3) is 0 Å². The number of aromatic nitrogens is 3. The maximum absolute atomic E-state index is 14.7. The minimum absolute atomic E-state index is 0.223. The second-order valence-electron chi connectivity index (χ2n) is 7.92. The van der Waals surface area contributed by atoms with Gasteiger partial charge in [-0.1, -0.05) is 18.2 Å². The molecule has 0 bridgehead atoms. The summed E-state index contributed by atoms with van der Waals surface area (Å²) in [7, 11) is 0. The van der Waals surface area contributed by atoms with Crippen LogP contribution in [0.15, 0.2) is 71.8 Å². The van der Waals surface area contributed by atoms with Gasteiger partial charge in [-0.15, -0.1) is 0 Å². The molecule has 0 spiro atoms. The van der Waals surface area contributed by atoms with Crippen molar-refractivity contribution in [2.45, 2.75) is 25.3 Å². The Morgan fingerprint density at radius 2 is 2.00 bits per heavy atom. The molecular weight excluding hydrogens is 407 g/mol. The van der Waals surface area contributed by atoms with Gasteiger partial charge < -0.3 is 0 Å². The van der Waals surface area contributed by atoms with E-state index in [1.165, 1.54) is 11.6 Å². The number of likely N-dealkylation sites (tertiary alicyclic amines) is 1. The molecule has 1 saturated heterocycles. The number of hydrogen-bond donors (Lipinski definition) is 0. The molecule has 4 nitrogen and oxygen atoms in total. The number of pyridine rings is 1. The minimum atomic E-state index is -0.243. The van der Waals surface area contributed by atoms with Crippen LogP contribution in [-0.2, 0) is 6.54 Å². The first-order valence-corrected chi connectivity index (χ1v) is 11.5. The van der Waals surface area contributed by atoms with Crippen molar-refractivity contribution < 1.29 is 4.39 Å². The average molecular weight is 431 g/mol. The van der Waals surface area contributed by atoms with E-state index in [-0.39, 0.29) is 11.7 Å². The Morgan fingerprint density at radius 3 is 2.81 bits per heavy atom. The van der Waals surface area contributed by atoms with Crippen LogP contribution in [0.4, 0.5) is 4.39 Å². The zero-order valence-corrected chi connectivity index (χ0v) is 17.9. The van der Waals surface area contributed by atoms with Crippen LogP contribution >= 0.6 is 11.3 Å². The number of nitrogens with zero attached hydrogens (tertiary/aromatic N) is 4. The molecule has 1 aliphatic rings. The largest absolute Gasteiger partial charge is 0.298 e. The Labute approximate surface area is 185 Å². The molecule has 0 saturated carbocycles. The third kappa shape index (κ3) is 4.40. The van der Waals surface area contributed by atoms with E-state index in [1.54, 1.807) is 36.0 Å². The lowest BCUT2D eigenvalue weighted by Crippen LogP contribution is -2.34. The van der Waals surface area contributed by atoms with Crippen molar-refractivity contribution >= 4 is 11.3 Å². The summed E-state index contributed by atoms with van der Waals surface area (Å²) in [6, 6.07) is 12.9. The molecule has 6 heteroatoms. The summed E-state index contributed by atoms with van der Waals surface area (Å²) >= 11 is 1.73. The Bertz CT molecular complexity index is 1150. The van der Waals surface area contributed by atoms with Crippen molar-refractivity contribution in [1.82, 2.24) is 19.9 Å². The van der Waals surface area contributed by atoms with Gasteiger partial charge in [-0.05, 0) is 60.0 Å².